The lowest BCUT2D eigenvalue weighted by Gasteiger charge is -2.34. The van der Waals surface area contributed by atoms with Crippen molar-refractivity contribution in [1.29, 1.82) is 0 Å². The van der Waals surface area contributed by atoms with Crippen LogP contribution in [0.15, 0.2) is 16.9 Å². The van der Waals surface area contributed by atoms with Gasteiger partial charge in [-0.3, -0.25) is 9.78 Å². The fourth-order valence-corrected chi connectivity index (χ4v) is 2.65. The first-order valence-corrected chi connectivity index (χ1v) is 7.06. The number of hydrogen-bond donors (Lipinski definition) is 0. The van der Waals surface area contributed by atoms with Crippen LogP contribution in [0.25, 0.3) is 0 Å². The van der Waals surface area contributed by atoms with Crippen LogP contribution in [0.1, 0.15) is 28.8 Å². The highest BCUT2D eigenvalue weighted by Gasteiger charge is 2.42. The summed E-state index contributed by atoms with van der Waals surface area (Å²) in [7, 11) is 0. The summed E-state index contributed by atoms with van der Waals surface area (Å²) in [6.07, 6.45) is -0.830. The van der Waals surface area contributed by atoms with E-state index in [-0.39, 0.29) is 18.9 Å². The molecule has 1 unspecified atom stereocenters. The van der Waals surface area contributed by atoms with E-state index in [0.717, 1.165) is 0 Å². The third-order valence-electron chi connectivity index (χ3n) is 3.56. The Morgan fingerprint density at radius 1 is 1.45 bits per heavy atom. The maximum atomic E-state index is 12.8. The average molecular weight is 351 g/mol. The molecule has 1 amide bonds. The quantitative estimate of drug-likeness (QED) is 0.775. The molecule has 2 rings (SSSR count). The summed E-state index contributed by atoms with van der Waals surface area (Å²) in [5, 5.41) is 0. The van der Waals surface area contributed by atoms with Crippen LogP contribution in [0.2, 0.25) is 0 Å². The Hall–Kier alpha value is -1.11. The van der Waals surface area contributed by atoms with Crippen LogP contribution in [-0.2, 0) is 0 Å². The molecule has 3 nitrogen and oxygen atoms in total. The van der Waals surface area contributed by atoms with Crippen molar-refractivity contribution < 1.29 is 18.0 Å². The number of rotatable bonds is 1. The van der Waals surface area contributed by atoms with Gasteiger partial charge in [-0.15, -0.1) is 0 Å². The van der Waals surface area contributed by atoms with E-state index >= 15 is 0 Å². The summed E-state index contributed by atoms with van der Waals surface area (Å²) < 4.78 is 39.0. The maximum Gasteiger partial charge on any atom is 0.393 e. The number of nitrogens with zero attached hydrogens (tertiary/aromatic N) is 2. The van der Waals surface area contributed by atoms with Crippen molar-refractivity contribution in [2.75, 3.05) is 13.1 Å². The molecule has 1 saturated heterocycles. The standard InChI is InChI=1S/C13H14BrF3N2O/c1-8-10(5-18-6-11(8)14)12(20)19-4-2-3-9(7-19)13(15,16)17/h5-6,9H,2-4,7H2,1H3. The summed E-state index contributed by atoms with van der Waals surface area (Å²) in [6.45, 7) is 1.83. The van der Waals surface area contributed by atoms with Crippen LogP contribution >= 0.6 is 15.9 Å². The molecule has 0 aromatic carbocycles. The minimum absolute atomic E-state index is 0.0863. The first-order valence-electron chi connectivity index (χ1n) is 6.27. The molecule has 0 aliphatic carbocycles. The highest BCUT2D eigenvalue weighted by atomic mass is 79.9. The highest BCUT2D eigenvalue weighted by Crippen LogP contribution is 2.33. The van der Waals surface area contributed by atoms with Crippen molar-refractivity contribution in [3.8, 4) is 0 Å². The molecular formula is C13H14BrF3N2O. The van der Waals surface area contributed by atoms with Crippen LogP contribution in [0.3, 0.4) is 0 Å². The summed E-state index contributed by atoms with van der Waals surface area (Å²) in [4.78, 5) is 17.5. The zero-order chi connectivity index (χ0) is 14.9. The van der Waals surface area contributed by atoms with E-state index in [1.807, 2.05) is 0 Å². The van der Waals surface area contributed by atoms with Crippen molar-refractivity contribution >= 4 is 21.8 Å². The Labute approximate surface area is 123 Å². The number of carbonyl (C=O) groups is 1. The van der Waals surface area contributed by atoms with Gasteiger partial charge in [0.1, 0.15) is 0 Å². The molecule has 0 spiro atoms. The molecule has 1 aromatic rings. The topological polar surface area (TPSA) is 33.2 Å². The van der Waals surface area contributed by atoms with Gasteiger partial charge in [0.25, 0.3) is 5.91 Å². The Morgan fingerprint density at radius 3 is 2.80 bits per heavy atom. The summed E-state index contributed by atoms with van der Waals surface area (Å²) >= 11 is 3.27. The average Bonchev–Trinajstić information content (AvgIpc) is 2.40. The fraction of sp³-hybridized carbons (Fsp3) is 0.538. The van der Waals surface area contributed by atoms with Gasteiger partial charge in [0, 0.05) is 30.0 Å². The zero-order valence-corrected chi connectivity index (χ0v) is 12.5. The number of halogens is 4. The Balaban J connectivity index is 2.19. The lowest BCUT2D eigenvalue weighted by molar-refractivity contribution is -0.184. The number of pyridine rings is 1. The Bertz CT molecular complexity index is 519. The van der Waals surface area contributed by atoms with Crippen LogP contribution in [0.5, 0.6) is 0 Å². The molecular weight excluding hydrogens is 337 g/mol. The first kappa shape index (κ1) is 15.3. The molecule has 110 valence electrons. The summed E-state index contributed by atoms with van der Waals surface area (Å²) in [5.41, 5.74) is 1.04. The lowest BCUT2D eigenvalue weighted by Crippen LogP contribution is -2.44. The molecule has 1 aliphatic rings. The number of alkyl halides is 3. The van der Waals surface area contributed by atoms with E-state index in [4.69, 9.17) is 0 Å². The second kappa shape index (κ2) is 5.71. The van der Waals surface area contributed by atoms with Gasteiger partial charge in [-0.25, -0.2) is 0 Å². The van der Waals surface area contributed by atoms with E-state index in [1.165, 1.54) is 11.1 Å². The molecule has 0 radical (unpaired) electrons. The Morgan fingerprint density at radius 2 is 2.15 bits per heavy atom. The van der Waals surface area contributed by atoms with Gasteiger partial charge in [0.2, 0.25) is 0 Å². The molecule has 2 heterocycles. The van der Waals surface area contributed by atoms with E-state index in [0.29, 0.717) is 28.6 Å². The van der Waals surface area contributed by atoms with Crippen molar-refractivity contribution in [3.05, 3.63) is 28.0 Å². The number of aromatic nitrogens is 1. The SMILES string of the molecule is Cc1c(Br)cncc1C(=O)N1CCCC(C(F)(F)F)C1. The van der Waals surface area contributed by atoms with Crippen LogP contribution in [0.4, 0.5) is 13.2 Å². The maximum absolute atomic E-state index is 12.8. The number of amides is 1. The zero-order valence-electron chi connectivity index (χ0n) is 10.9. The molecule has 1 atom stereocenters. The third-order valence-corrected chi connectivity index (χ3v) is 4.36. The van der Waals surface area contributed by atoms with Crippen LogP contribution in [-0.4, -0.2) is 35.1 Å². The van der Waals surface area contributed by atoms with Crippen molar-refractivity contribution in [2.45, 2.75) is 25.9 Å². The minimum Gasteiger partial charge on any atom is -0.338 e. The second-order valence-electron chi connectivity index (χ2n) is 4.93. The number of carbonyl (C=O) groups excluding carboxylic acids is 1. The van der Waals surface area contributed by atoms with Gasteiger partial charge in [-0.1, -0.05) is 0 Å². The predicted octanol–water partition coefficient (Wildman–Crippen LogP) is 3.57. The number of piperidine rings is 1. The van der Waals surface area contributed by atoms with Crippen LogP contribution < -0.4 is 0 Å². The molecule has 1 aliphatic heterocycles. The molecule has 0 N–H and O–H groups in total. The van der Waals surface area contributed by atoms with E-state index in [9.17, 15) is 18.0 Å². The van der Waals surface area contributed by atoms with E-state index in [1.54, 1.807) is 13.1 Å². The summed E-state index contributed by atoms with van der Waals surface area (Å²) in [6, 6.07) is 0. The van der Waals surface area contributed by atoms with Gasteiger partial charge in [-0.05, 0) is 41.3 Å². The van der Waals surface area contributed by atoms with Crippen molar-refractivity contribution in [1.82, 2.24) is 9.88 Å². The molecule has 7 heteroatoms. The second-order valence-corrected chi connectivity index (χ2v) is 5.78. The smallest absolute Gasteiger partial charge is 0.338 e. The van der Waals surface area contributed by atoms with Gasteiger partial charge in [0.05, 0.1) is 11.5 Å². The molecule has 0 bridgehead atoms. The molecule has 1 aromatic heterocycles. The van der Waals surface area contributed by atoms with E-state index < -0.39 is 12.1 Å². The highest BCUT2D eigenvalue weighted by molar-refractivity contribution is 9.10. The van der Waals surface area contributed by atoms with Gasteiger partial charge in [-0.2, -0.15) is 13.2 Å². The first-order chi connectivity index (χ1) is 9.30. The van der Waals surface area contributed by atoms with Gasteiger partial charge < -0.3 is 4.90 Å². The molecule has 0 saturated carbocycles. The molecule has 20 heavy (non-hydrogen) atoms. The van der Waals surface area contributed by atoms with Crippen LogP contribution in [0, 0.1) is 12.8 Å². The van der Waals surface area contributed by atoms with Crippen molar-refractivity contribution in [3.63, 3.8) is 0 Å². The lowest BCUT2D eigenvalue weighted by atomic mass is 9.96. The van der Waals surface area contributed by atoms with E-state index in [2.05, 4.69) is 20.9 Å². The summed E-state index contributed by atoms with van der Waals surface area (Å²) in [5.74, 6) is -1.81. The monoisotopic (exact) mass is 350 g/mol. The minimum atomic E-state index is -4.25. The van der Waals surface area contributed by atoms with Crippen molar-refractivity contribution in [2.24, 2.45) is 5.92 Å². The third kappa shape index (κ3) is 3.13. The normalized spacial score (nSPS) is 20.1. The number of likely N-dealkylation sites (tertiary alicyclic amines) is 1. The predicted molar refractivity (Wildman–Crippen MR) is 71.4 cm³/mol. The Kier molecular flexibility index (Phi) is 4.36. The van der Waals surface area contributed by atoms with Gasteiger partial charge >= 0.3 is 6.18 Å². The number of hydrogen-bond acceptors (Lipinski definition) is 2. The largest absolute Gasteiger partial charge is 0.393 e. The van der Waals surface area contributed by atoms with Gasteiger partial charge in [0.15, 0.2) is 0 Å². The molecule has 1 fully saturated rings. The fourth-order valence-electron chi connectivity index (χ4n) is 2.31.